The fourth-order valence-electron chi connectivity index (χ4n) is 2.07. The Morgan fingerprint density at radius 2 is 1.81 bits per heavy atom. The third kappa shape index (κ3) is 2.92. The second-order valence-corrected chi connectivity index (χ2v) is 5.59. The van der Waals surface area contributed by atoms with Crippen molar-refractivity contribution in [3.63, 3.8) is 0 Å². The van der Waals surface area contributed by atoms with E-state index in [2.05, 4.69) is 31.2 Å². The number of aromatic nitrogens is 2. The summed E-state index contributed by atoms with van der Waals surface area (Å²) in [6, 6.07) is 11.0. The standard InChI is InChI=1S/C16H12BrN3O/c1-10-8-12(17)3-5-13(10)20-16(21)11-2-4-14-15(9-11)19-7-6-18-14/h2-9H,1H3,(H,20,21). The molecule has 0 atom stereocenters. The lowest BCUT2D eigenvalue weighted by atomic mass is 10.1. The fraction of sp³-hybridized carbons (Fsp3) is 0.0625. The Labute approximate surface area is 130 Å². The van der Waals surface area contributed by atoms with Crippen LogP contribution in [0.5, 0.6) is 0 Å². The second-order valence-electron chi connectivity index (χ2n) is 4.67. The average Bonchev–Trinajstić information content (AvgIpc) is 2.49. The van der Waals surface area contributed by atoms with Crippen LogP contribution in [0.3, 0.4) is 0 Å². The van der Waals surface area contributed by atoms with Crippen LogP contribution in [-0.4, -0.2) is 15.9 Å². The minimum absolute atomic E-state index is 0.159. The van der Waals surface area contributed by atoms with E-state index in [0.717, 1.165) is 21.2 Å². The molecule has 1 heterocycles. The Bertz CT molecular complexity index is 833. The van der Waals surface area contributed by atoms with Gasteiger partial charge in [0.25, 0.3) is 5.91 Å². The molecule has 0 bridgehead atoms. The van der Waals surface area contributed by atoms with E-state index in [1.165, 1.54) is 0 Å². The molecule has 4 nitrogen and oxygen atoms in total. The lowest BCUT2D eigenvalue weighted by molar-refractivity contribution is 0.102. The van der Waals surface area contributed by atoms with E-state index in [1.807, 2.05) is 25.1 Å². The SMILES string of the molecule is Cc1cc(Br)ccc1NC(=O)c1ccc2nccnc2c1. The third-order valence-corrected chi connectivity index (χ3v) is 3.66. The van der Waals surface area contributed by atoms with Gasteiger partial charge in [-0.15, -0.1) is 0 Å². The number of nitrogens with one attached hydrogen (secondary N) is 1. The predicted octanol–water partition coefficient (Wildman–Crippen LogP) is 3.95. The minimum Gasteiger partial charge on any atom is -0.322 e. The second kappa shape index (κ2) is 5.61. The van der Waals surface area contributed by atoms with Gasteiger partial charge < -0.3 is 5.32 Å². The first kappa shape index (κ1) is 13.7. The highest BCUT2D eigenvalue weighted by Crippen LogP contribution is 2.21. The number of halogens is 1. The highest BCUT2D eigenvalue weighted by molar-refractivity contribution is 9.10. The maximum Gasteiger partial charge on any atom is 0.255 e. The van der Waals surface area contributed by atoms with Gasteiger partial charge >= 0.3 is 0 Å². The summed E-state index contributed by atoms with van der Waals surface area (Å²) in [7, 11) is 0. The Morgan fingerprint density at radius 1 is 1.05 bits per heavy atom. The van der Waals surface area contributed by atoms with Gasteiger partial charge in [0, 0.05) is 28.1 Å². The van der Waals surface area contributed by atoms with Crippen molar-refractivity contribution in [2.45, 2.75) is 6.92 Å². The van der Waals surface area contributed by atoms with E-state index in [0.29, 0.717) is 11.1 Å². The van der Waals surface area contributed by atoms with Gasteiger partial charge in [-0.1, -0.05) is 15.9 Å². The van der Waals surface area contributed by atoms with Gasteiger partial charge in [0.1, 0.15) is 0 Å². The smallest absolute Gasteiger partial charge is 0.255 e. The molecule has 104 valence electrons. The zero-order chi connectivity index (χ0) is 14.8. The first-order chi connectivity index (χ1) is 10.1. The quantitative estimate of drug-likeness (QED) is 0.767. The number of anilines is 1. The third-order valence-electron chi connectivity index (χ3n) is 3.17. The topological polar surface area (TPSA) is 54.9 Å². The number of aryl methyl sites for hydroxylation is 1. The summed E-state index contributed by atoms with van der Waals surface area (Å²) in [5, 5.41) is 2.91. The van der Waals surface area contributed by atoms with Gasteiger partial charge in [-0.3, -0.25) is 14.8 Å². The molecule has 1 aromatic heterocycles. The van der Waals surface area contributed by atoms with Crippen molar-refractivity contribution in [3.05, 3.63) is 64.4 Å². The number of rotatable bonds is 2. The van der Waals surface area contributed by atoms with Crippen LogP contribution in [0.2, 0.25) is 0 Å². The molecule has 5 heteroatoms. The van der Waals surface area contributed by atoms with Crippen LogP contribution >= 0.6 is 15.9 Å². The van der Waals surface area contributed by atoms with Crippen LogP contribution in [0, 0.1) is 6.92 Å². The summed E-state index contributed by atoms with van der Waals surface area (Å²) in [6.07, 6.45) is 3.25. The lowest BCUT2D eigenvalue weighted by Gasteiger charge is -2.09. The molecule has 1 amide bonds. The van der Waals surface area contributed by atoms with Crippen LogP contribution in [0.25, 0.3) is 11.0 Å². The summed E-state index contributed by atoms with van der Waals surface area (Å²) in [6.45, 7) is 1.95. The summed E-state index contributed by atoms with van der Waals surface area (Å²) in [5.41, 5.74) is 3.83. The van der Waals surface area contributed by atoms with Crippen molar-refractivity contribution < 1.29 is 4.79 Å². The summed E-state index contributed by atoms with van der Waals surface area (Å²) >= 11 is 3.41. The highest BCUT2D eigenvalue weighted by atomic mass is 79.9. The van der Waals surface area contributed by atoms with E-state index in [9.17, 15) is 4.79 Å². The van der Waals surface area contributed by atoms with Gasteiger partial charge in [-0.25, -0.2) is 0 Å². The minimum atomic E-state index is -0.159. The van der Waals surface area contributed by atoms with Crippen LogP contribution in [0.4, 0.5) is 5.69 Å². The largest absolute Gasteiger partial charge is 0.322 e. The molecule has 3 aromatic rings. The molecule has 0 radical (unpaired) electrons. The summed E-state index contributed by atoms with van der Waals surface area (Å²) in [4.78, 5) is 20.7. The molecule has 1 N–H and O–H groups in total. The molecule has 0 aliphatic heterocycles. The van der Waals surface area contributed by atoms with Crippen LogP contribution in [0.1, 0.15) is 15.9 Å². The van der Waals surface area contributed by atoms with Crippen molar-refractivity contribution in [1.82, 2.24) is 9.97 Å². The van der Waals surface area contributed by atoms with E-state index in [4.69, 9.17) is 0 Å². The highest BCUT2D eigenvalue weighted by Gasteiger charge is 2.09. The molecule has 0 aliphatic rings. The Kier molecular flexibility index (Phi) is 3.66. The summed E-state index contributed by atoms with van der Waals surface area (Å²) < 4.78 is 0.985. The molecule has 21 heavy (non-hydrogen) atoms. The molecule has 0 spiro atoms. The number of amides is 1. The monoisotopic (exact) mass is 341 g/mol. The molecule has 0 saturated heterocycles. The lowest BCUT2D eigenvalue weighted by Crippen LogP contribution is -2.12. The van der Waals surface area contributed by atoms with Gasteiger partial charge in [0.2, 0.25) is 0 Å². The van der Waals surface area contributed by atoms with Crippen molar-refractivity contribution in [2.75, 3.05) is 5.32 Å². The average molecular weight is 342 g/mol. The van der Waals surface area contributed by atoms with Crippen LogP contribution in [-0.2, 0) is 0 Å². The molecular formula is C16H12BrN3O. The van der Waals surface area contributed by atoms with Crippen molar-refractivity contribution in [3.8, 4) is 0 Å². The van der Waals surface area contributed by atoms with Crippen molar-refractivity contribution >= 4 is 38.6 Å². The van der Waals surface area contributed by atoms with Crippen molar-refractivity contribution in [2.24, 2.45) is 0 Å². The molecule has 0 unspecified atom stereocenters. The maximum atomic E-state index is 12.3. The molecule has 0 aliphatic carbocycles. The predicted molar refractivity (Wildman–Crippen MR) is 86.4 cm³/mol. The molecule has 2 aromatic carbocycles. The van der Waals surface area contributed by atoms with Gasteiger partial charge in [0.05, 0.1) is 11.0 Å². The molecule has 0 saturated carbocycles. The zero-order valence-corrected chi connectivity index (χ0v) is 12.9. The number of hydrogen-bond acceptors (Lipinski definition) is 3. The fourth-order valence-corrected chi connectivity index (χ4v) is 2.54. The molecule has 3 rings (SSSR count). The van der Waals surface area contributed by atoms with E-state index in [1.54, 1.807) is 30.6 Å². The number of carbonyl (C=O) groups excluding carboxylic acids is 1. The van der Waals surface area contributed by atoms with Gasteiger partial charge in [-0.2, -0.15) is 0 Å². The Hall–Kier alpha value is -2.27. The van der Waals surface area contributed by atoms with E-state index in [-0.39, 0.29) is 5.91 Å². The van der Waals surface area contributed by atoms with E-state index >= 15 is 0 Å². The molecule has 0 fully saturated rings. The van der Waals surface area contributed by atoms with Crippen LogP contribution in [0.15, 0.2) is 53.3 Å². The number of carbonyl (C=O) groups is 1. The first-order valence-electron chi connectivity index (χ1n) is 6.42. The Balaban J connectivity index is 1.89. The summed E-state index contributed by atoms with van der Waals surface area (Å²) in [5.74, 6) is -0.159. The molecular weight excluding hydrogens is 330 g/mol. The van der Waals surface area contributed by atoms with E-state index < -0.39 is 0 Å². The first-order valence-corrected chi connectivity index (χ1v) is 7.21. The van der Waals surface area contributed by atoms with Crippen molar-refractivity contribution in [1.29, 1.82) is 0 Å². The zero-order valence-electron chi connectivity index (χ0n) is 11.3. The number of nitrogens with zero attached hydrogens (tertiary/aromatic N) is 2. The number of benzene rings is 2. The van der Waals surface area contributed by atoms with Gasteiger partial charge in [0.15, 0.2) is 0 Å². The number of fused-ring (bicyclic) bond motifs is 1. The normalized spacial score (nSPS) is 10.6. The number of hydrogen-bond donors (Lipinski definition) is 1. The Morgan fingerprint density at radius 3 is 2.57 bits per heavy atom. The van der Waals surface area contributed by atoms with Crippen LogP contribution < -0.4 is 5.32 Å². The maximum absolute atomic E-state index is 12.3. The van der Waals surface area contributed by atoms with Gasteiger partial charge in [-0.05, 0) is 48.9 Å².